The van der Waals surface area contributed by atoms with Crippen molar-refractivity contribution < 1.29 is 14.3 Å². The number of likely N-dealkylation sites (tertiary alicyclic amines) is 2. The Morgan fingerprint density at radius 2 is 1.71 bits per heavy atom. The van der Waals surface area contributed by atoms with E-state index in [9.17, 15) is 9.59 Å². The molecule has 2 aliphatic rings. The first-order valence-electron chi connectivity index (χ1n) is 8.88. The van der Waals surface area contributed by atoms with Gasteiger partial charge in [-0.2, -0.15) is 0 Å². The molecule has 2 fully saturated rings. The van der Waals surface area contributed by atoms with Crippen molar-refractivity contribution in [3.05, 3.63) is 35.9 Å². The van der Waals surface area contributed by atoms with E-state index >= 15 is 0 Å². The molecule has 0 unspecified atom stereocenters. The van der Waals surface area contributed by atoms with Crippen molar-refractivity contribution in [2.24, 2.45) is 11.8 Å². The number of nitrogens with zero attached hydrogens (tertiary/aromatic N) is 2. The average molecular weight is 330 g/mol. The molecule has 0 spiro atoms. The molecular formula is C19H26N2O3. The highest BCUT2D eigenvalue weighted by molar-refractivity contribution is 5.79. The Balaban J connectivity index is 1.43. The summed E-state index contributed by atoms with van der Waals surface area (Å²) in [6, 6.07) is 9.68. The van der Waals surface area contributed by atoms with Crippen molar-refractivity contribution in [2.45, 2.75) is 32.8 Å². The predicted molar refractivity (Wildman–Crippen MR) is 91.3 cm³/mol. The van der Waals surface area contributed by atoms with Gasteiger partial charge in [-0.25, -0.2) is 4.79 Å². The molecule has 0 aliphatic carbocycles. The minimum Gasteiger partial charge on any atom is -0.445 e. The fourth-order valence-electron chi connectivity index (χ4n) is 3.51. The van der Waals surface area contributed by atoms with Crippen LogP contribution in [-0.2, 0) is 16.1 Å². The van der Waals surface area contributed by atoms with Crippen molar-refractivity contribution in [1.82, 2.24) is 9.80 Å². The van der Waals surface area contributed by atoms with Crippen LogP contribution >= 0.6 is 0 Å². The summed E-state index contributed by atoms with van der Waals surface area (Å²) in [4.78, 5) is 28.4. The van der Waals surface area contributed by atoms with Gasteiger partial charge in [0.15, 0.2) is 0 Å². The number of hydrogen-bond donors (Lipinski definition) is 0. The second-order valence-electron chi connectivity index (χ2n) is 6.98. The summed E-state index contributed by atoms with van der Waals surface area (Å²) in [6.07, 6.45) is 2.31. The first kappa shape index (κ1) is 16.8. The molecule has 0 saturated carbocycles. The van der Waals surface area contributed by atoms with Gasteiger partial charge in [0.25, 0.3) is 0 Å². The van der Waals surface area contributed by atoms with E-state index < -0.39 is 0 Å². The lowest BCUT2D eigenvalue weighted by atomic mass is 9.95. The maximum atomic E-state index is 12.5. The van der Waals surface area contributed by atoms with Gasteiger partial charge in [-0.3, -0.25) is 4.79 Å². The van der Waals surface area contributed by atoms with Gasteiger partial charge in [0.1, 0.15) is 6.61 Å². The van der Waals surface area contributed by atoms with Crippen molar-refractivity contribution >= 4 is 12.0 Å². The van der Waals surface area contributed by atoms with Crippen LogP contribution in [0.5, 0.6) is 0 Å². The fraction of sp³-hybridized carbons (Fsp3) is 0.579. The third kappa shape index (κ3) is 4.08. The normalized spacial score (nSPS) is 21.8. The van der Waals surface area contributed by atoms with Crippen LogP contribution in [0.2, 0.25) is 0 Å². The molecule has 0 radical (unpaired) electrons. The van der Waals surface area contributed by atoms with E-state index in [1.165, 1.54) is 0 Å². The molecule has 0 N–H and O–H groups in total. The van der Waals surface area contributed by atoms with Crippen LogP contribution in [0.3, 0.4) is 0 Å². The summed E-state index contributed by atoms with van der Waals surface area (Å²) in [6.45, 7) is 5.47. The third-order valence-corrected chi connectivity index (χ3v) is 5.04. The molecule has 5 nitrogen and oxygen atoms in total. The Morgan fingerprint density at radius 1 is 1.04 bits per heavy atom. The number of rotatable bonds is 3. The zero-order chi connectivity index (χ0) is 16.9. The highest BCUT2D eigenvalue weighted by atomic mass is 16.6. The Morgan fingerprint density at radius 3 is 2.33 bits per heavy atom. The number of ether oxygens (including phenoxy) is 1. The molecular weight excluding hydrogens is 304 g/mol. The van der Waals surface area contributed by atoms with Crippen molar-refractivity contribution in [3.63, 3.8) is 0 Å². The highest BCUT2D eigenvalue weighted by Crippen LogP contribution is 2.24. The van der Waals surface area contributed by atoms with Crippen LogP contribution in [0.15, 0.2) is 30.3 Å². The first-order chi connectivity index (χ1) is 11.6. The molecule has 2 heterocycles. The molecule has 1 atom stereocenters. The monoisotopic (exact) mass is 330 g/mol. The molecule has 2 saturated heterocycles. The maximum absolute atomic E-state index is 12.5. The van der Waals surface area contributed by atoms with Crippen LogP contribution in [0.25, 0.3) is 0 Å². The molecule has 5 heteroatoms. The summed E-state index contributed by atoms with van der Waals surface area (Å²) in [5.74, 6) is 0.951. The molecule has 0 bridgehead atoms. The number of benzene rings is 1. The Labute approximate surface area is 143 Å². The van der Waals surface area contributed by atoms with E-state index in [4.69, 9.17) is 4.74 Å². The first-order valence-corrected chi connectivity index (χ1v) is 8.88. The number of piperidine rings is 1. The van der Waals surface area contributed by atoms with Gasteiger partial charge in [-0.1, -0.05) is 37.3 Å². The van der Waals surface area contributed by atoms with Gasteiger partial charge in [-0.05, 0) is 30.7 Å². The molecule has 2 aliphatic heterocycles. The fourth-order valence-corrected chi connectivity index (χ4v) is 3.51. The van der Waals surface area contributed by atoms with E-state index in [0.717, 1.165) is 37.9 Å². The molecule has 130 valence electrons. The number of carbonyl (C=O) groups is 2. The van der Waals surface area contributed by atoms with E-state index in [0.29, 0.717) is 25.6 Å². The average Bonchev–Trinajstić information content (AvgIpc) is 3.06. The number of amides is 2. The Bertz CT molecular complexity index is 567. The van der Waals surface area contributed by atoms with Gasteiger partial charge < -0.3 is 14.5 Å². The predicted octanol–water partition coefficient (Wildman–Crippen LogP) is 2.90. The lowest BCUT2D eigenvalue weighted by Crippen LogP contribution is -2.44. The molecule has 0 aromatic heterocycles. The lowest BCUT2D eigenvalue weighted by molar-refractivity contribution is -0.136. The molecule has 2 amide bonds. The third-order valence-electron chi connectivity index (χ3n) is 5.04. The van der Waals surface area contributed by atoms with E-state index in [1.807, 2.05) is 35.2 Å². The highest BCUT2D eigenvalue weighted by Gasteiger charge is 2.33. The Hall–Kier alpha value is -2.04. The maximum Gasteiger partial charge on any atom is 0.410 e. The van der Waals surface area contributed by atoms with Crippen LogP contribution in [0.4, 0.5) is 4.79 Å². The second kappa shape index (κ2) is 7.69. The number of hydrogen-bond acceptors (Lipinski definition) is 3. The van der Waals surface area contributed by atoms with Gasteiger partial charge in [0.05, 0.1) is 0 Å². The summed E-state index contributed by atoms with van der Waals surface area (Å²) in [5, 5.41) is 0. The van der Waals surface area contributed by atoms with E-state index in [2.05, 4.69) is 6.92 Å². The summed E-state index contributed by atoms with van der Waals surface area (Å²) < 4.78 is 5.37. The SMILES string of the molecule is C[C@@H]1CCN(C(=O)C2CCN(C(=O)OCc3ccccc3)CC2)C1. The topological polar surface area (TPSA) is 49.9 Å². The van der Waals surface area contributed by atoms with Crippen molar-refractivity contribution in [1.29, 1.82) is 0 Å². The molecule has 3 rings (SSSR count). The lowest BCUT2D eigenvalue weighted by Gasteiger charge is -2.32. The van der Waals surface area contributed by atoms with Gasteiger partial charge in [0, 0.05) is 32.1 Å². The smallest absolute Gasteiger partial charge is 0.410 e. The van der Waals surface area contributed by atoms with Crippen LogP contribution < -0.4 is 0 Å². The zero-order valence-corrected chi connectivity index (χ0v) is 14.3. The van der Waals surface area contributed by atoms with Crippen LogP contribution in [-0.4, -0.2) is 48.0 Å². The minimum atomic E-state index is -0.278. The summed E-state index contributed by atoms with van der Waals surface area (Å²) in [7, 11) is 0. The minimum absolute atomic E-state index is 0.0634. The van der Waals surface area contributed by atoms with Gasteiger partial charge in [0.2, 0.25) is 5.91 Å². The molecule has 1 aromatic carbocycles. The largest absolute Gasteiger partial charge is 0.445 e. The molecule has 24 heavy (non-hydrogen) atoms. The second-order valence-corrected chi connectivity index (χ2v) is 6.98. The van der Waals surface area contributed by atoms with Crippen molar-refractivity contribution in [3.8, 4) is 0 Å². The summed E-state index contributed by atoms with van der Waals surface area (Å²) in [5.41, 5.74) is 0.985. The van der Waals surface area contributed by atoms with Crippen LogP contribution in [0.1, 0.15) is 31.7 Å². The van der Waals surface area contributed by atoms with Gasteiger partial charge in [-0.15, -0.1) is 0 Å². The standard InChI is InChI=1S/C19H26N2O3/c1-15-7-10-21(13-15)18(22)17-8-11-20(12-9-17)19(23)24-14-16-5-3-2-4-6-16/h2-6,15,17H,7-14H2,1H3/t15-/m1/s1. The van der Waals surface area contributed by atoms with E-state index in [1.54, 1.807) is 4.90 Å². The molecule has 1 aromatic rings. The summed E-state index contributed by atoms with van der Waals surface area (Å²) >= 11 is 0. The van der Waals surface area contributed by atoms with Crippen molar-refractivity contribution in [2.75, 3.05) is 26.2 Å². The van der Waals surface area contributed by atoms with Gasteiger partial charge >= 0.3 is 6.09 Å². The van der Waals surface area contributed by atoms with E-state index in [-0.39, 0.29) is 17.9 Å². The zero-order valence-electron chi connectivity index (χ0n) is 14.3. The van der Waals surface area contributed by atoms with Crippen LogP contribution in [0, 0.1) is 11.8 Å². The Kier molecular flexibility index (Phi) is 5.38. The quantitative estimate of drug-likeness (QED) is 0.856. The number of carbonyl (C=O) groups excluding carboxylic acids is 2.